The lowest BCUT2D eigenvalue weighted by atomic mass is 10.2. The van der Waals surface area contributed by atoms with Gasteiger partial charge in [-0.1, -0.05) is 24.3 Å². The number of para-hydroxylation sites is 1. The van der Waals surface area contributed by atoms with Gasteiger partial charge in [0, 0.05) is 26.2 Å². The average molecular weight is 388 g/mol. The van der Waals surface area contributed by atoms with Crippen molar-refractivity contribution in [2.45, 2.75) is 6.92 Å². The van der Waals surface area contributed by atoms with E-state index < -0.39 is 10.2 Å². The Morgan fingerprint density at radius 1 is 0.852 bits per heavy atom. The Hall–Kier alpha value is -2.32. The Bertz CT molecular complexity index is 911. The Morgan fingerprint density at radius 2 is 1.52 bits per heavy atom. The van der Waals surface area contributed by atoms with Gasteiger partial charge in [-0.15, -0.1) is 0 Å². The molecule has 4 rings (SSSR count). The van der Waals surface area contributed by atoms with Gasteiger partial charge in [0.1, 0.15) is 11.6 Å². The highest BCUT2D eigenvalue weighted by Gasteiger charge is 2.38. The zero-order chi connectivity index (χ0) is 19.0. The van der Waals surface area contributed by atoms with Crippen LogP contribution in [-0.2, 0) is 10.2 Å². The van der Waals surface area contributed by atoms with Gasteiger partial charge < -0.3 is 9.80 Å². The van der Waals surface area contributed by atoms with Crippen LogP contribution < -0.4 is 13.5 Å². The molecule has 3 heterocycles. The van der Waals surface area contributed by atoms with Crippen molar-refractivity contribution in [1.82, 2.24) is 9.88 Å². The van der Waals surface area contributed by atoms with Crippen molar-refractivity contribution in [3.63, 3.8) is 0 Å². The molecule has 0 saturated carbocycles. The number of rotatable bonds is 3. The van der Waals surface area contributed by atoms with E-state index in [1.54, 1.807) is 6.07 Å². The number of hydrogen-bond donors (Lipinski definition) is 0. The number of piperazine rings is 1. The molecule has 0 radical (unpaired) electrons. The fourth-order valence-corrected chi connectivity index (χ4v) is 5.19. The molecule has 0 unspecified atom stereocenters. The molecule has 27 heavy (non-hydrogen) atoms. The third-order valence-electron chi connectivity index (χ3n) is 5.22. The van der Waals surface area contributed by atoms with Gasteiger partial charge in [0.2, 0.25) is 0 Å². The lowest BCUT2D eigenvalue weighted by Gasteiger charge is -2.34. The van der Waals surface area contributed by atoms with Crippen LogP contribution >= 0.6 is 0 Å². The summed E-state index contributed by atoms with van der Waals surface area (Å²) in [6.45, 7) is 6.61. The van der Waals surface area contributed by atoms with Gasteiger partial charge in [-0.2, -0.15) is 8.42 Å². The highest BCUT2D eigenvalue weighted by atomic mass is 32.2. The van der Waals surface area contributed by atoms with Gasteiger partial charge in [0.05, 0.1) is 18.8 Å². The second-order valence-corrected chi connectivity index (χ2v) is 8.87. The molecule has 0 atom stereocenters. The molecule has 1 aromatic carbocycles. The SMILES string of the molecule is Cc1ccc(N2CCN(c3ccccc3)S2(=O)=O)nc1N1CCN(C)CC1. The number of hydrogen-bond acceptors (Lipinski definition) is 5. The summed E-state index contributed by atoms with van der Waals surface area (Å²) in [5.74, 6) is 1.38. The van der Waals surface area contributed by atoms with E-state index in [0.717, 1.165) is 37.6 Å². The van der Waals surface area contributed by atoms with Gasteiger partial charge >= 0.3 is 10.2 Å². The molecule has 2 saturated heterocycles. The number of anilines is 3. The smallest absolute Gasteiger partial charge is 0.327 e. The second kappa shape index (κ2) is 7.01. The quantitative estimate of drug-likeness (QED) is 0.803. The van der Waals surface area contributed by atoms with Crippen molar-refractivity contribution in [3.05, 3.63) is 48.0 Å². The molecule has 2 aliphatic rings. The van der Waals surface area contributed by atoms with Crippen LogP contribution in [0.5, 0.6) is 0 Å². The van der Waals surface area contributed by atoms with Crippen LogP contribution in [0.3, 0.4) is 0 Å². The van der Waals surface area contributed by atoms with Crippen molar-refractivity contribution in [2.75, 3.05) is 59.8 Å². The summed E-state index contributed by atoms with van der Waals surface area (Å²) in [5.41, 5.74) is 1.76. The van der Waals surface area contributed by atoms with Crippen LogP contribution in [0.25, 0.3) is 0 Å². The Labute approximate surface area is 161 Å². The summed E-state index contributed by atoms with van der Waals surface area (Å²) >= 11 is 0. The summed E-state index contributed by atoms with van der Waals surface area (Å²) in [5, 5.41) is 0. The van der Waals surface area contributed by atoms with Crippen molar-refractivity contribution in [1.29, 1.82) is 0 Å². The highest BCUT2D eigenvalue weighted by molar-refractivity contribution is 7.94. The van der Waals surface area contributed by atoms with E-state index in [1.807, 2.05) is 43.3 Å². The molecule has 7 nitrogen and oxygen atoms in total. The zero-order valence-corrected chi connectivity index (χ0v) is 16.6. The fourth-order valence-electron chi connectivity index (χ4n) is 3.61. The minimum absolute atomic E-state index is 0.398. The van der Waals surface area contributed by atoms with E-state index in [-0.39, 0.29) is 0 Å². The van der Waals surface area contributed by atoms with Crippen molar-refractivity contribution in [3.8, 4) is 0 Å². The number of likely N-dealkylation sites (N-methyl/N-ethyl adjacent to an activating group) is 1. The van der Waals surface area contributed by atoms with Crippen LogP contribution in [0, 0.1) is 6.92 Å². The van der Waals surface area contributed by atoms with E-state index in [9.17, 15) is 8.42 Å². The largest absolute Gasteiger partial charge is 0.354 e. The van der Waals surface area contributed by atoms with E-state index >= 15 is 0 Å². The second-order valence-electron chi connectivity index (χ2n) is 7.09. The molecule has 0 amide bonds. The summed E-state index contributed by atoms with van der Waals surface area (Å²) < 4.78 is 29.1. The van der Waals surface area contributed by atoms with E-state index in [0.29, 0.717) is 24.6 Å². The standard InChI is InChI=1S/C19H25N5O2S/c1-16-8-9-18(20-19(16)22-12-10-21(2)11-13-22)24-15-14-23(27(24,25)26)17-6-4-3-5-7-17/h3-9H,10-15H2,1-2H3. The summed E-state index contributed by atoms with van der Waals surface area (Å²) in [6.07, 6.45) is 0. The molecule has 8 heteroatoms. The summed E-state index contributed by atoms with van der Waals surface area (Å²) in [7, 11) is -1.51. The minimum atomic E-state index is -3.63. The lowest BCUT2D eigenvalue weighted by Crippen LogP contribution is -2.45. The topological polar surface area (TPSA) is 60.0 Å². The first kappa shape index (κ1) is 18.1. The number of benzene rings is 1. The summed E-state index contributed by atoms with van der Waals surface area (Å²) in [4.78, 5) is 9.29. The van der Waals surface area contributed by atoms with E-state index in [2.05, 4.69) is 16.8 Å². The van der Waals surface area contributed by atoms with Gasteiger partial charge in [-0.25, -0.2) is 9.29 Å². The fraction of sp³-hybridized carbons (Fsp3) is 0.421. The third kappa shape index (κ3) is 3.35. The predicted molar refractivity (Wildman–Crippen MR) is 109 cm³/mol. The molecule has 2 aliphatic heterocycles. The van der Waals surface area contributed by atoms with E-state index in [4.69, 9.17) is 4.98 Å². The predicted octanol–water partition coefficient (Wildman–Crippen LogP) is 1.71. The molecule has 1 aromatic heterocycles. The monoisotopic (exact) mass is 387 g/mol. The maximum atomic E-state index is 13.1. The molecular weight excluding hydrogens is 362 g/mol. The number of aryl methyl sites for hydroxylation is 1. The van der Waals surface area contributed by atoms with Gasteiger partial charge in [-0.05, 0) is 37.7 Å². The number of pyridine rings is 1. The molecule has 0 bridgehead atoms. The van der Waals surface area contributed by atoms with E-state index in [1.165, 1.54) is 8.61 Å². The molecular formula is C19H25N5O2S. The summed E-state index contributed by atoms with van der Waals surface area (Å²) in [6, 6.07) is 13.0. The molecule has 0 N–H and O–H groups in total. The van der Waals surface area contributed by atoms with Gasteiger partial charge in [0.15, 0.2) is 0 Å². The maximum Gasteiger partial charge on any atom is 0.327 e. The van der Waals surface area contributed by atoms with Gasteiger partial charge in [0.25, 0.3) is 0 Å². The normalized spacial score (nSPS) is 20.3. The zero-order valence-electron chi connectivity index (χ0n) is 15.7. The number of aromatic nitrogens is 1. The maximum absolute atomic E-state index is 13.1. The van der Waals surface area contributed by atoms with Crippen molar-refractivity contribution >= 4 is 27.5 Å². The molecule has 2 fully saturated rings. The number of nitrogens with zero attached hydrogens (tertiary/aromatic N) is 5. The Balaban J connectivity index is 1.63. The molecule has 0 spiro atoms. The van der Waals surface area contributed by atoms with Gasteiger partial charge in [-0.3, -0.25) is 4.31 Å². The van der Waals surface area contributed by atoms with Crippen LogP contribution in [0.4, 0.5) is 17.3 Å². The van der Waals surface area contributed by atoms with Crippen LogP contribution in [-0.4, -0.2) is 64.6 Å². The lowest BCUT2D eigenvalue weighted by molar-refractivity contribution is 0.312. The average Bonchev–Trinajstić information content (AvgIpc) is 2.98. The molecule has 2 aromatic rings. The van der Waals surface area contributed by atoms with Crippen molar-refractivity contribution < 1.29 is 8.42 Å². The molecule has 144 valence electrons. The first-order chi connectivity index (χ1) is 13.0. The first-order valence-electron chi connectivity index (χ1n) is 9.23. The van der Waals surface area contributed by atoms with Crippen molar-refractivity contribution in [2.24, 2.45) is 0 Å². The van der Waals surface area contributed by atoms with Crippen LogP contribution in [0.15, 0.2) is 42.5 Å². The Morgan fingerprint density at radius 3 is 2.22 bits per heavy atom. The highest BCUT2D eigenvalue weighted by Crippen LogP contribution is 2.30. The molecule has 0 aliphatic carbocycles. The van der Waals surface area contributed by atoms with Crippen LogP contribution in [0.2, 0.25) is 0 Å². The first-order valence-corrected chi connectivity index (χ1v) is 10.6. The van der Waals surface area contributed by atoms with Crippen LogP contribution in [0.1, 0.15) is 5.56 Å². The minimum Gasteiger partial charge on any atom is -0.354 e. The Kier molecular flexibility index (Phi) is 4.69. The third-order valence-corrected chi connectivity index (χ3v) is 7.10.